The minimum Gasteiger partial charge on any atom is -0.331 e. The van der Waals surface area contributed by atoms with Crippen LogP contribution in [0.15, 0.2) is 16.8 Å². The molecule has 66 valence electrons. The van der Waals surface area contributed by atoms with Gasteiger partial charge in [-0.1, -0.05) is 0 Å². The molecule has 0 aliphatic carbocycles. The summed E-state index contributed by atoms with van der Waals surface area (Å²) in [5.74, 6) is 4.91. The highest BCUT2D eigenvalue weighted by molar-refractivity contribution is 7.07. The predicted octanol–water partition coefficient (Wildman–Crippen LogP) is 0.982. The van der Waals surface area contributed by atoms with Crippen molar-refractivity contribution in [3.05, 3.63) is 22.4 Å². The zero-order valence-corrected chi connectivity index (χ0v) is 7.52. The van der Waals surface area contributed by atoms with Crippen molar-refractivity contribution in [2.24, 2.45) is 5.84 Å². The molecule has 1 atom stereocenters. The molecule has 12 heavy (non-hydrogen) atoms. The summed E-state index contributed by atoms with van der Waals surface area (Å²) in [6.07, 6.45) is 0. The molecule has 2 amide bonds. The third-order valence-corrected chi connectivity index (χ3v) is 2.22. The van der Waals surface area contributed by atoms with Crippen LogP contribution in [0.1, 0.15) is 18.5 Å². The number of amides is 2. The Morgan fingerprint density at radius 1 is 1.75 bits per heavy atom. The average Bonchev–Trinajstić information content (AvgIpc) is 2.56. The zero-order valence-electron chi connectivity index (χ0n) is 6.70. The molecule has 0 saturated heterocycles. The van der Waals surface area contributed by atoms with Gasteiger partial charge in [-0.3, -0.25) is 5.43 Å². The quantitative estimate of drug-likeness (QED) is 0.365. The van der Waals surface area contributed by atoms with E-state index in [1.807, 2.05) is 29.2 Å². The van der Waals surface area contributed by atoms with Crippen LogP contribution in [0.4, 0.5) is 4.79 Å². The topological polar surface area (TPSA) is 67.2 Å². The van der Waals surface area contributed by atoms with E-state index in [1.54, 1.807) is 11.3 Å². The van der Waals surface area contributed by atoms with Crippen LogP contribution in [0.3, 0.4) is 0 Å². The van der Waals surface area contributed by atoms with Crippen molar-refractivity contribution in [3.63, 3.8) is 0 Å². The summed E-state index contributed by atoms with van der Waals surface area (Å²) >= 11 is 1.60. The van der Waals surface area contributed by atoms with Gasteiger partial charge in [0.2, 0.25) is 0 Å². The van der Waals surface area contributed by atoms with Gasteiger partial charge in [-0.15, -0.1) is 0 Å². The summed E-state index contributed by atoms with van der Waals surface area (Å²) in [5.41, 5.74) is 3.10. The van der Waals surface area contributed by atoms with Crippen LogP contribution in [-0.4, -0.2) is 6.03 Å². The van der Waals surface area contributed by atoms with Crippen LogP contribution in [0, 0.1) is 0 Å². The largest absolute Gasteiger partial charge is 0.331 e. The maximum absolute atomic E-state index is 10.8. The van der Waals surface area contributed by atoms with E-state index in [1.165, 1.54) is 0 Å². The fourth-order valence-electron chi connectivity index (χ4n) is 0.843. The maximum atomic E-state index is 10.8. The smallest absolute Gasteiger partial charge is 0.329 e. The second kappa shape index (κ2) is 4.08. The van der Waals surface area contributed by atoms with Crippen LogP contribution in [0.25, 0.3) is 0 Å². The van der Waals surface area contributed by atoms with Crippen LogP contribution >= 0.6 is 11.3 Å². The van der Waals surface area contributed by atoms with Crippen LogP contribution < -0.4 is 16.6 Å². The van der Waals surface area contributed by atoms with E-state index in [9.17, 15) is 4.79 Å². The average molecular weight is 185 g/mol. The lowest BCUT2D eigenvalue weighted by atomic mass is 10.2. The first-order chi connectivity index (χ1) is 5.74. The van der Waals surface area contributed by atoms with Gasteiger partial charge in [0.1, 0.15) is 0 Å². The summed E-state index contributed by atoms with van der Waals surface area (Å²) in [6, 6.07) is 1.60. The van der Waals surface area contributed by atoms with E-state index in [0.29, 0.717) is 0 Å². The molecule has 1 unspecified atom stereocenters. The van der Waals surface area contributed by atoms with Crippen LogP contribution in [-0.2, 0) is 0 Å². The van der Waals surface area contributed by atoms with Gasteiger partial charge in [-0.2, -0.15) is 11.3 Å². The van der Waals surface area contributed by atoms with Crippen molar-refractivity contribution in [3.8, 4) is 0 Å². The minimum atomic E-state index is -0.367. The van der Waals surface area contributed by atoms with Crippen molar-refractivity contribution in [2.75, 3.05) is 0 Å². The summed E-state index contributed by atoms with van der Waals surface area (Å²) < 4.78 is 0. The van der Waals surface area contributed by atoms with Gasteiger partial charge in [0.05, 0.1) is 6.04 Å². The fraction of sp³-hybridized carbons (Fsp3) is 0.286. The number of thiophene rings is 1. The number of hydrazine groups is 1. The second-order valence-electron chi connectivity index (χ2n) is 2.40. The van der Waals surface area contributed by atoms with Gasteiger partial charge < -0.3 is 5.32 Å². The van der Waals surface area contributed by atoms with Gasteiger partial charge in [-0.05, 0) is 29.3 Å². The van der Waals surface area contributed by atoms with Gasteiger partial charge >= 0.3 is 6.03 Å². The standard InChI is InChI=1S/C7H11N3OS/c1-5(9-7(11)10-8)6-2-3-12-4-6/h2-5H,8H2,1H3,(H2,9,10,11). The first kappa shape index (κ1) is 9.02. The number of urea groups is 1. The number of carbonyl (C=O) groups is 1. The Hall–Kier alpha value is -1.07. The second-order valence-corrected chi connectivity index (χ2v) is 3.18. The molecule has 1 heterocycles. The van der Waals surface area contributed by atoms with Gasteiger partial charge in [-0.25, -0.2) is 10.6 Å². The van der Waals surface area contributed by atoms with E-state index in [2.05, 4.69) is 5.32 Å². The fourth-order valence-corrected chi connectivity index (χ4v) is 1.60. The number of hydrogen-bond acceptors (Lipinski definition) is 3. The lowest BCUT2D eigenvalue weighted by Crippen LogP contribution is -2.40. The SMILES string of the molecule is CC(NC(=O)NN)c1ccsc1. The molecule has 0 saturated carbocycles. The molecule has 1 aromatic rings. The van der Waals surface area contributed by atoms with Gasteiger partial charge in [0.15, 0.2) is 0 Å². The van der Waals surface area contributed by atoms with Gasteiger partial charge in [0.25, 0.3) is 0 Å². The molecule has 5 heteroatoms. The number of nitrogens with two attached hydrogens (primary N) is 1. The number of rotatable bonds is 2. The van der Waals surface area contributed by atoms with Gasteiger partial charge in [0, 0.05) is 0 Å². The predicted molar refractivity (Wildman–Crippen MR) is 48.6 cm³/mol. The monoisotopic (exact) mass is 185 g/mol. The highest BCUT2D eigenvalue weighted by Gasteiger charge is 2.07. The van der Waals surface area contributed by atoms with E-state index in [-0.39, 0.29) is 12.1 Å². The van der Waals surface area contributed by atoms with E-state index >= 15 is 0 Å². The van der Waals surface area contributed by atoms with Crippen LogP contribution in [0.2, 0.25) is 0 Å². The Labute approximate surface area is 74.7 Å². The Kier molecular flexibility index (Phi) is 3.07. The molecule has 0 fully saturated rings. The molecule has 4 N–H and O–H groups in total. The van der Waals surface area contributed by atoms with Crippen molar-refractivity contribution in [1.29, 1.82) is 0 Å². The number of carbonyl (C=O) groups excluding carboxylic acids is 1. The Bertz CT molecular complexity index is 247. The first-order valence-corrected chi connectivity index (χ1v) is 4.47. The first-order valence-electron chi connectivity index (χ1n) is 3.53. The molecule has 0 radical (unpaired) electrons. The molecule has 0 spiro atoms. The third-order valence-electron chi connectivity index (χ3n) is 1.52. The Morgan fingerprint density at radius 2 is 2.50 bits per heavy atom. The highest BCUT2D eigenvalue weighted by atomic mass is 32.1. The van der Waals surface area contributed by atoms with Crippen molar-refractivity contribution >= 4 is 17.4 Å². The molecule has 0 bridgehead atoms. The van der Waals surface area contributed by atoms with Crippen LogP contribution in [0.5, 0.6) is 0 Å². The molecule has 0 aliphatic heterocycles. The maximum Gasteiger partial charge on any atom is 0.329 e. The lowest BCUT2D eigenvalue weighted by molar-refractivity contribution is 0.238. The molecule has 0 aromatic carbocycles. The summed E-state index contributed by atoms with van der Waals surface area (Å²) in [4.78, 5) is 10.8. The molecule has 1 rings (SSSR count). The summed E-state index contributed by atoms with van der Waals surface area (Å²) in [5, 5.41) is 6.62. The van der Waals surface area contributed by atoms with E-state index in [4.69, 9.17) is 5.84 Å². The number of hydrogen-bond donors (Lipinski definition) is 3. The highest BCUT2D eigenvalue weighted by Crippen LogP contribution is 2.14. The third kappa shape index (κ3) is 2.21. The molecular formula is C7H11N3OS. The minimum absolute atomic E-state index is 0.000185. The van der Waals surface area contributed by atoms with Crippen molar-refractivity contribution < 1.29 is 4.79 Å². The lowest BCUT2D eigenvalue weighted by Gasteiger charge is -2.11. The van der Waals surface area contributed by atoms with E-state index < -0.39 is 0 Å². The Balaban J connectivity index is 2.49. The molecule has 1 aromatic heterocycles. The molecule has 0 aliphatic rings. The zero-order chi connectivity index (χ0) is 8.97. The molecular weight excluding hydrogens is 174 g/mol. The number of nitrogens with one attached hydrogen (secondary N) is 2. The summed E-state index contributed by atoms with van der Waals surface area (Å²) in [7, 11) is 0. The summed E-state index contributed by atoms with van der Waals surface area (Å²) in [6.45, 7) is 1.90. The molecule has 4 nitrogen and oxygen atoms in total. The van der Waals surface area contributed by atoms with E-state index in [0.717, 1.165) is 5.56 Å². The van der Waals surface area contributed by atoms with Crippen molar-refractivity contribution in [1.82, 2.24) is 10.7 Å². The Morgan fingerprint density at radius 3 is 3.00 bits per heavy atom. The van der Waals surface area contributed by atoms with Crippen molar-refractivity contribution in [2.45, 2.75) is 13.0 Å². The normalized spacial score (nSPS) is 12.2.